The topological polar surface area (TPSA) is 96.8 Å². The monoisotopic (exact) mass is 585 g/mol. The van der Waals surface area contributed by atoms with Crippen molar-refractivity contribution < 1.29 is 14.3 Å². The van der Waals surface area contributed by atoms with Gasteiger partial charge in [0.2, 0.25) is 11.9 Å². The smallest absolute Gasteiger partial charge is 0.247 e. The molecular weight excluding hydrogens is 550 g/mol. The number of carbonyl (C=O) groups is 1. The third-order valence-electron chi connectivity index (χ3n) is 7.06. The molecule has 0 fully saturated rings. The first-order valence-electron chi connectivity index (χ1n) is 13.4. The van der Waals surface area contributed by atoms with Crippen molar-refractivity contribution in [3.8, 4) is 22.8 Å². The lowest BCUT2D eigenvalue weighted by Crippen LogP contribution is -2.29. The number of hydrogen-bond acceptors (Lipinski definition) is 9. The first kappa shape index (κ1) is 28.9. The molecule has 0 saturated heterocycles. The van der Waals surface area contributed by atoms with Crippen molar-refractivity contribution in [3.05, 3.63) is 60.6 Å². The van der Waals surface area contributed by atoms with Crippen molar-refractivity contribution in [3.63, 3.8) is 0 Å². The number of nitrogens with one attached hydrogen (secondary N) is 2. The van der Waals surface area contributed by atoms with Crippen molar-refractivity contribution in [1.29, 1.82) is 0 Å². The van der Waals surface area contributed by atoms with E-state index in [-0.39, 0.29) is 5.91 Å². The number of carbonyl (C=O) groups excluding carboxylic acids is 1. The molecule has 0 spiro atoms. The largest absolute Gasteiger partial charge is 0.497 e. The number of likely N-dealkylation sites (N-methyl/N-ethyl adjacent to an activating group) is 2. The summed E-state index contributed by atoms with van der Waals surface area (Å²) >= 11 is 1.60. The zero-order chi connectivity index (χ0) is 30.0. The maximum absolute atomic E-state index is 12.4. The van der Waals surface area contributed by atoms with E-state index < -0.39 is 0 Å². The van der Waals surface area contributed by atoms with Crippen LogP contribution in [-0.4, -0.2) is 73.8 Å². The van der Waals surface area contributed by atoms with E-state index in [4.69, 9.17) is 19.4 Å². The van der Waals surface area contributed by atoms with E-state index in [9.17, 15) is 4.79 Å². The summed E-state index contributed by atoms with van der Waals surface area (Å²) < 4.78 is 14.4. The van der Waals surface area contributed by atoms with Gasteiger partial charge in [-0.05, 0) is 55.9 Å². The molecule has 11 heteroatoms. The third-order valence-corrected chi connectivity index (χ3v) is 7.97. The van der Waals surface area contributed by atoms with E-state index in [1.165, 1.54) is 6.08 Å². The molecule has 0 radical (unpaired) electrons. The van der Waals surface area contributed by atoms with Crippen LogP contribution in [0, 0.1) is 0 Å². The molecule has 0 saturated carbocycles. The van der Waals surface area contributed by atoms with Crippen LogP contribution in [-0.2, 0) is 11.8 Å². The molecule has 1 amide bonds. The van der Waals surface area contributed by atoms with Crippen LogP contribution in [0.4, 0.5) is 23.0 Å². The lowest BCUT2D eigenvalue weighted by molar-refractivity contribution is -0.111. The van der Waals surface area contributed by atoms with Gasteiger partial charge in [-0.3, -0.25) is 4.79 Å². The van der Waals surface area contributed by atoms with Crippen LogP contribution in [0.25, 0.3) is 32.4 Å². The SMILES string of the molecule is C=CC(=O)Nc1cc(Nc2nc(-c3cn(C)c4ccc(OC)cc34)c3sccc3n2)c(OC)cc1N(C)CCN(C)C. The van der Waals surface area contributed by atoms with Crippen LogP contribution in [0.15, 0.2) is 60.6 Å². The number of amides is 1. The number of hydrogen-bond donors (Lipinski definition) is 2. The van der Waals surface area contributed by atoms with Gasteiger partial charge in [0.15, 0.2) is 0 Å². The first-order valence-corrected chi connectivity index (χ1v) is 14.3. The number of aryl methyl sites for hydroxylation is 1. The number of ether oxygens (including phenoxy) is 2. The minimum absolute atomic E-state index is 0.307. The van der Waals surface area contributed by atoms with E-state index >= 15 is 0 Å². The van der Waals surface area contributed by atoms with Crippen LogP contribution in [0.5, 0.6) is 11.5 Å². The van der Waals surface area contributed by atoms with Crippen LogP contribution >= 0.6 is 11.3 Å². The molecule has 0 aliphatic heterocycles. The molecule has 3 aromatic heterocycles. The summed E-state index contributed by atoms with van der Waals surface area (Å²) in [6, 6.07) is 11.8. The quantitative estimate of drug-likeness (QED) is 0.190. The fourth-order valence-corrected chi connectivity index (χ4v) is 5.65. The van der Waals surface area contributed by atoms with Gasteiger partial charge in [0.05, 0.1) is 47.2 Å². The van der Waals surface area contributed by atoms with Gasteiger partial charge in [-0.1, -0.05) is 6.58 Å². The summed E-state index contributed by atoms with van der Waals surface area (Å²) in [7, 11) is 11.3. The summed E-state index contributed by atoms with van der Waals surface area (Å²) in [6.45, 7) is 5.20. The Morgan fingerprint density at radius 1 is 1.07 bits per heavy atom. The number of fused-ring (bicyclic) bond motifs is 2. The predicted octanol–water partition coefficient (Wildman–Crippen LogP) is 5.73. The Balaban J connectivity index is 1.61. The molecule has 42 heavy (non-hydrogen) atoms. The minimum Gasteiger partial charge on any atom is -0.497 e. The average molecular weight is 586 g/mol. The van der Waals surface area contributed by atoms with Crippen molar-refractivity contribution in [2.45, 2.75) is 0 Å². The number of anilines is 4. The Labute approximate surface area is 249 Å². The fourth-order valence-electron chi connectivity index (χ4n) is 4.82. The van der Waals surface area contributed by atoms with Gasteiger partial charge in [0.25, 0.3) is 0 Å². The highest BCUT2D eigenvalue weighted by molar-refractivity contribution is 7.17. The number of aromatic nitrogens is 3. The van der Waals surface area contributed by atoms with Crippen LogP contribution in [0.1, 0.15) is 0 Å². The highest BCUT2D eigenvalue weighted by Crippen LogP contribution is 2.40. The second kappa shape index (κ2) is 12.1. The van der Waals surface area contributed by atoms with Crippen molar-refractivity contribution in [1.82, 2.24) is 19.4 Å². The van der Waals surface area contributed by atoms with Crippen LogP contribution in [0.3, 0.4) is 0 Å². The first-order chi connectivity index (χ1) is 20.2. The van der Waals surface area contributed by atoms with Gasteiger partial charge in [-0.25, -0.2) is 9.97 Å². The molecule has 2 N–H and O–H groups in total. The molecule has 0 aliphatic rings. The Morgan fingerprint density at radius 3 is 2.60 bits per heavy atom. The summed E-state index contributed by atoms with van der Waals surface area (Å²) in [4.78, 5) is 26.4. The number of thiophene rings is 1. The summed E-state index contributed by atoms with van der Waals surface area (Å²) in [5.41, 5.74) is 5.73. The van der Waals surface area contributed by atoms with E-state index in [0.29, 0.717) is 23.1 Å². The summed E-state index contributed by atoms with van der Waals surface area (Å²) in [5.74, 6) is 1.46. The maximum Gasteiger partial charge on any atom is 0.247 e. The molecule has 0 bridgehead atoms. The zero-order valence-corrected chi connectivity index (χ0v) is 25.5. The number of rotatable bonds is 11. The lowest BCUT2D eigenvalue weighted by Gasteiger charge is -2.26. The number of nitrogens with zero attached hydrogens (tertiary/aromatic N) is 5. The molecule has 0 aliphatic carbocycles. The van der Waals surface area contributed by atoms with E-state index in [0.717, 1.165) is 56.9 Å². The van der Waals surface area contributed by atoms with Gasteiger partial charge in [-0.15, -0.1) is 11.3 Å². The molecule has 0 unspecified atom stereocenters. The van der Waals surface area contributed by atoms with E-state index in [1.54, 1.807) is 25.6 Å². The molecule has 0 atom stereocenters. The van der Waals surface area contributed by atoms with Crippen LogP contribution in [0.2, 0.25) is 0 Å². The van der Waals surface area contributed by atoms with Gasteiger partial charge in [-0.2, -0.15) is 0 Å². The Hall–Kier alpha value is -4.61. The molecular formula is C31H35N7O3S. The van der Waals surface area contributed by atoms with Gasteiger partial charge >= 0.3 is 0 Å². The fraction of sp³-hybridized carbons (Fsp3) is 0.258. The summed E-state index contributed by atoms with van der Waals surface area (Å²) in [5, 5.41) is 9.35. The maximum atomic E-state index is 12.4. The highest BCUT2D eigenvalue weighted by Gasteiger charge is 2.20. The van der Waals surface area contributed by atoms with E-state index in [2.05, 4.69) is 37.8 Å². The Bertz CT molecular complexity index is 1780. The predicted molar refractivity (Wildman–Crippen MR) is 173 cm³/mol. The molecule has 5 aromatic rings. The molecule has 3 heterocycles. The second-order valence-electron chi connectivity index (χ2n) is 10.2. The van der Waals surface area contributed by atoms with E-state index in [1.807, 2.05) is 70.0 Å². The highest BCUT2D eigenvalue weighted by atomic mass is 32.1. The van der Waals surface area contributed by atoms with Crippen molar-refractivity contribution in [2.24, 2.45) is 7.05 Å². The van der Waals surface area contributed by atoms with Crippen molar-refractivity contribution >= 4 is 61.4 Å². The standard InChI is InChI=1S/C31H35N7O3S/c1-8-28(39)32-23-16-24(27(41-7)17-26(23)37(4)13-12-36(2)3)34-31-33-22-11-14-42-30(22)29(35-31)21-18-38(5)25-10-9-19(40-6)15-20(21)25/h8-11,14-18H,1,12-13H2,2-7H3,(H,32,39)(H,33,34,35). The van der Waals surface area contributed by atoms with Crippen LogP contribution < -0.4 is 25.0 Å². The molecule has 5 rings (SSSR count). The normalized spacial score (nSPS) is 11.2. The second-order valence-corrected chi connectivity index (χ2v) is 11.1. The number of benzene rings is 2. The van der Waals surface area contributed by atoms with Gasteiger partial charge in [0.1, 0.15) is 11.5 Å². The van der Waals surface area contributed by atoms with Gasteiger partial charge < -0.3 is 34.5 Å². The lowest BCUT2D eigenvalue weighted by atomic mass is 10.1. The van der Waals surface area contributed by atoms with Crippen molar-refractivity contribution in [2.75, 3.05) is 64.0 Å². The zero-order valence-electron chi connectivity index (χ0n) is 24.7. The third kappa shape index (κ3) is 5.74. The Kier molecular flexibility index (Phi) is 8.32. The molecule has 2 aromatic carbocycles. The number of methoxy groups -OCH3 is 2. The summed E-state index contributed by atoms with van der Waals surface area (Å²) in [6.07, 6.45) is 3.33. The average Bonchev–Trinajstić information content (AvgIpc) is 3.59. The van der Waals surface area contributed by atoms with Gasteiger partial charge in [0, 0.05) is 55.9 Å². The Morgan fingerprint density at radius 2 is 1.88 bits per heavy atom. The molecule has 10 nitrogen and oxygen atoms in total. The molecule has 218 valence electrons. The minimum atomic E-state index is -0.307.